The third-order valence-corrected chi connectivity index (χ3v) is 13.2. The molecule has 1 unspecified atom stereocenters. The van der Waals surface area contributed by atoms with Crippen LogP contribution in [0.1, 0.15) is 84.8 Å². The number of ether oxygens (including phenoxy) is 1. The second kappa shape index (κ2) is 17.4. The van der Waals surface area contributed by atoms with Crippen LogP contribution in [0.2, 0.25) is 5.02 Å². The zero-order valence-electron chi connectivity index (χ0n) is 35.2. The van der Waals surface area contributed by atoms with Gasteiger partial charge in [0.15, 0.2) is 11.6 Å². The van der Waals surface area contributed by atoms with Crippen molar-refractivity contribution >= 4 is 69.2 Å². The Balaban J connectivity index is 0.758. The van der Waals surface area contributed by atoms with E-state index in [9.17, 15) is 28.8 Å². The minimum absolute atomic E-state index is 0.0946. The first-order chi connectivity index (χ1) is 31.6. The van der Waals surface area contributed by atoms with Crippen LogP contribution in [0.15, 0.2) is 97.6 Å². The van der Waals surface area contributed by atoms with Crippen LogP contribution in [0, 0.1) is 5.92 Å². The number of carbonyl (C=O) groups excluding carboxylic acids is 6. The van der Waals surface area contributed by atoms with E-state index in [4.69, 9.17) is 21.3 Å². The molecular weight excluding hydrogens is 848 g/mol. The normalized spacial score (nSPS) is 19.0. The number of ketones is 3. The van der Waals surface area contributed by atoms with Crippen LogP contribution in [0.25, 0.3) is 11.0 Å². The summed E-state index contributed by atoms with van der Waals surface area (Å²) in [5.74, 6) is 0.113. The van der Waals surface area contributed by atoms with E-state index in [0.717, 1.165) is 34.9 Å². The van der Waals surface area contributed by atoms with Crippen molar-refractivity contribution in [3.05, 3.63) is 136 Å². The summed E-state index contributed by atoms with van der Waals surface area (Å²) in [4.78, 5) is 103. The number of hydrogen-bond donors (Lipinski definition) is 1. The van der Waals surface area contributed by atoms with Crippen LogP contribution in [0.5, 0.6) is 11.5 Å². The molecule has 4 aliphatic rings. The van der Waals surface area contributed by atoms with Gasteiger partial charge in [0.1, 0.15) is 35.1 Å². The number of aromatic amines is 1. The molecule has 6 aromatic rings. The quantitative estimate of drug-likeness (QED) is 0.0872. The SMILES string of the molecule is O=C1CCC(N2C(=O)c3ccc(N4CCN(c5ccc(C(=O)N6CCC[C@@H](Cc7ncnc8[nH]cc(C(=O)c9ccc(Oc%10ccccc%10)cc9Cl)c78)C6)cn5)CC4)cc3C2=O)C(=O)C1. The number of piperazine rings is 1. The van der Waals surface area contributed by atoms with Crippen molar-refractivity contribution < 1.29 is 33.5 Å². The summed E-state index contributed by atoms with van der Waals surface area (Å²) in [7, 11) is 0. The third-order valence-electron chi connectivity index (χ3n) is 12.9. The number of nitrogens with zero attached hydrogens (tertiary/aromatic N) is 7. The molecular formula is C49H43ClN8O7. The lowest BCUT2D eigenvalue weighted by Crippen LogP contribution is -2.47. The monoisotopic (exact) mass is 890 g/mol. The molecule has 0 spiro atoms. The fourth-order valence-electron chi connectivity index (χ4n) is 9.50. The highest BCUT2D eigenvalue weighted by molar-refractivity contribution is 6.35. The number of Topliss-reactive ketones (excluding diaryl/α,β-unsaturated/α-hetero) is 2. The van der Waals surface area contributed by atoms with Gasteiger partial charge in [-0.3, -0.25) is 33.7 Å². The van der Waals surface area contributed by atoms with Gasteiger partial charge < -0.3 is 24.4 Å². The van der Waals surface area contributed by atoms with Gasteiger partial charge in [-0.15, -0.1) is 0 Å². The lowest BCUT2D eigenvalue weighted by molar-refractivity contribution is -0.132. The van der Waals surface area contributed by atoms with E-state index in [1.165, 1.54) is 6.33 Å². The number of imide groups is 1. The number of rotatable bonds is 10. The molecule has 16 heteroatoms. The predicted octanol–water partition coefficient (Wildman–Crippen LogP) is 6.74. The molecule has 2 saturated heterocycles. The van der Waals surface area contributed by atoms with Gasteiger partial charge in [0.05, 0.1) is 50.8 Å². The van der Waals surface area contributed by atoms with Gasteiger partial charge in [-0.05, 0) is 86.2 Å². The molecule has 15 nitrogen and oxygen atoms in total. The average molecular weight is 891 g/mol. The van der Waals surface area contributed by atoms with Gasteiger partial charge in [0.25, 0.3) is 17.7 Å². The van der Waals surface area contributed by atoms with E-state index in [2.05, 4.69) is 24.8 Å². The molecule has 328 valence electrons. The summed E-state index contributed by atoms with van der Waals surface area (Å²) in [6.45, 7) is 3.69. The van der Waals surface area contributed by atoms with Crippen molar-refractivity contribution in [2.75, 3.05) is 49.1 Å². The minimum Gasteiger partial charge on any atom is -0.457 e. The number of para-hydroxylation sites is 1. The highest BCUT2D eigenvalue weighted by Gasteiger charge is 2.44. The smallest absolute Gasteiger partial charge is 0.262 e. The van der Waals surface area contributed by atoms with Crippen LogP contribution in [-0.2, 0) is 16.0 Å². The standard InChI is InChI=1S/C49H43ClN8O7/c50-39-24-34(65-33-6-2-1-3-7-33)11-13-36(39)45(61)38-26-52-46-44(38)40(53-28-54-46)21-29-5-4-16-57(27-29)47(62)30-8-15-43(51-25-30)56-19-17-55(18-20-56)31-9-12-35-37(22-31)49(64)58(48(35)63)41-14-10-32(59)23-42(41)60/h1-3,6-9,11-13,15,22,24-26,28-29,41H,4-5,10,14,16-21,23,27H2,(H,52,53,54)/t29-,41?/m0/s1. The Labute approximate surface area is 378 Å². The number of anilines is 2. The third kappa shape index (κ3) is 8.12. The maximum absolute atomic E-state index is 14.0. The molecule has 1 saturated carbocycles. The molecule has 1 N–H and O–H groups in total. The molecule has 3 fully saturated rings. The van der Waals surface area contributed by atoms with E-state index in [0.29, 0.717) is 84.9 Å². The van der Waals surface area contributed by atoms with E-state index in [1.54, 1.807) is 42.7 Å². The van der Waals surface area contributed by atoms with Gasteiger partial charge in [-0.25, -0.2) is 15.0 Å². The molecule has 65 heavy (non-hydrogen) atoms. The maximum atomic E-state index is 14.0. The van der Waals surface area contributed by atoms with Gasteiger partial charge in [0.2, 0.25) is 0 Å². The van der Waals surface area contributed by atoms with E-state index < -0.39 is 23.6 Å². The number of benzene rings is 3. The molecule has 1 aliphatic carbocycles. The van der Waals surface area contributed by atoms with E-state index >= 15 is 0 Å². The molecule has 3 aromatic carbocycles. The van der Waals surface area contributed by atoms with Crippen molar-refractivity contribution in [2.24, 2.45) is 5.92 Å². The first-order valence-corrected chi connectivity index (χ1v) is 22.2. The fraction of sp³-hybridized carbons (Fsp3) is 0.286. The zero-order valence-corrected chi connectivity index (χ0v) is 36.0. The topological polar surface area (TPSA) is 179 Å². The number of hydrogen-bond acceptors (Lipinski definition) is 12. The maximum Gasteiger partial charge on any atom is 0.262 e. The minimum atomic E-state index is -0.905. The summed E-state index contributed by atoms with van der Waals surface area (Å²) in [5.41, 5.74) is 3.87. The summed E-state index contributed by atoms with van der Waals surface area (Å²) in [6, 6.07) is 22.3. The van der Waals surface area contributed by atoms with Crippen molar-refractivity contribution in [3.63, 3.8) is 0 Å². The lowest BCUT2D eigenvalue weighted by atomic mass is 9.91. The first kappa shape index (κ1) is 41.7. The number of nitrogens with one attached hydrogen (secondary N) is 1. The summed E-state index contributed by atoms with van der Waals surface area (Å²) >= 11 is 6.65. The van der Waals surface area contributed by atoms with Crippen LogP contribution in [-0.4, -0.2) is 110 Å². The predicted molar refractivity (Wildman–Crippen MR) is 241 cm³/mol. The van der Waals surface area contributed by atoms with Gasteiger partial charge in [-0.1, -0.05) is 29.8 Å². The van der Waals surface area contributed by atoms with Gasteiger partial charge in [0, 0.05) is 75.4 Å². The van der Waals surface area contributed by atoms with Crippen LogP contribution >= 0.6 is 11.6 Å². The first-order valence-electron chi connectivity index (χ1n) is 21.8. The highest BCUT2D eigenvalue weighted by atomic mass is 35.5. The number of piperidine rings is 1. The molecule has 3 aliphatic heterocycles. The van der Waals surface area contributed by atoms with Crippen molar-refractivity contribution in [2.45, 2.75) is 44.6 Å². The fourth-order valence-corrected chi connectivity index (χ4v) is 9.76. The van der Waals surface area contributed by atoms with E-state index in [1.807, 2.05) is 53.4 Å². The van der Waals surface area contributed by atoms with Crippen molar-refractivity contribution in [1.82, 2.24) is 29.7 Å². The Morgan fingerprint density at radius 2 is 1.58 bits per heavy atom. The molecule has 0 radical (unpaired) electrons. The largest absolute Gasteiger partial charge is 0.457 e. The Hall–Kier alpha value is -7.26. The number of carbonyl (C=O) groups is 6. The van der Waals surface area contributed by atoms with Crippen LogP contribution < -0.4 is 14.5 Å². The molecule has 0 bridgehead atoms. The Morgan fingerprint density at radius 1 is 0.785 bits per heavy atom. The van der Waals surface area contributed by atoms with Gasteiger partial charge >= 0.3 is 0 Å². The number of pyridine rings is 1. The molecule has 10 rings (SSSR count). The molecule has 3 aromatic heterocycles. The highest BCUT2D eigenvalue weighted by Crippen LogP contribution is 2.34. The second-order valence-electron chi connectivity index (χ2n) is 16.9. The Bertz CT molecular complexity index is 2900. The molecule has 2 atom stereocenters. The van der Waals surface area contributed by atoms with Crippen LogP contribution in [0.3, 0.4) is 0 Å². The Morgan fingerprint density at radius 3 is 2.35 bits per heavy atom. The van der Waals surface area contributed by atoms with Crippen molar-refractivity contribution in [3.8, 4) is 11.5 Å². The van der Waals surface area contributed by atoms with Crippen LogP contribution in [0.4, 0.5) is 11.5 Å². The number of amides is 3. The number of likely N-dealkylation sites (tertiary alicyclic amines) is 1. The Kier molecular flexibility index (Phi) is 11.2. The summed E-state index contributed by atoms with van der Waals surface area (Å²) in [6.07, 6.45) is 7.11. The molecule has 6 heterocycles. The second-order valence-corrected chi connectivity index (χ2v) is 17.3. The number of H-pyrrole nitrogens is 1. The number of aromatic nitrogens is 4. The lowest BCUT2D eigenvalue weighted by Gasteiger charge is -2.37. The summed E-state index contributed by atoms with van der Waals surface area (Å²) in [5, 5.41) is 0.903. The summed E-state index contributed by atoms with van der Waals surface area (Å²) < 4.78 is 5.91. The van der Waals surface area contributed by atoms with E-state index in [-0.39, 0.29) is 58.8 Å². The molecule has 3 amide bonds. The van der Waals surface area contributed by atoms with Gasteiger partial charge in [-0.2, -0.15) is 0 Å². The number of fused-ring (bicyclic) bond motifs is 2. The zero-order chi connectivity index (χ0) is 44.8. The average Bonchev–Trinajstić information content (AvgIpc) is 3.87. The number of halogens is 1. The van der Waals surface area contributed by atoms with Crippen molar-refractivity contribution in [1.29, 1.82) is 0 Å².